The molecule has 0 saturated heterocycles. The molecule has 2 aromatic rings. The van der Waals surface area contributed by atoms with Crippen LogP contribution in [0.4, 0.5) is 14.8 Å². The highest BCUT2D eigenvalue weighted by molar-refractivity contribution is 5.74. The summed E-state index contributed by atoms with van der Waals surface area (Å²) in [5, 5.41) is 0. The molecular weight excluding hydrogens is 228 g/mol. The van der Waals surface area contributed by atoms with Crippen LogP contribution in [-0.4, -0.2) is 31.0 Å². The second-order valence-corrected chi connectivity index (χ2v) is 3.59. The van der Waals surface area contributed by atoms with Gasteiger partial charge in [-0.25, -0.2) is 8.78 Å². The number of benzene rings is 1. The molecule has 17 heavy (non-hydrogen) atoms. The van der Waals surface area contributed by atoms with Crippen molar-refractivity contribution in [1.29, 1.82) is 0 Å². The van der Waals surface area contributed by atoms with E-state index in [-0.39, 0.29) is 19.1 Å². The molecule has 4 nitrogen and oxygen atoms in total. The molecule has 0 aliphatic carbocycles. The van der Waals surface area contributed by atoms with E-state index in [0.717, 1.165) is 0 Å². The van der Waals surface area contributed by atoms with E-state index in [1.54, 1.807) is 18.2 Å². The first-order chi connectivity index (χ1) is 8.20. The van der Waals surface area contributed by atoms with Crippen molar-refractivity contribution in [3.05, 3.63) is 24.3 Å². The van der Waals surface area contributed by atoms with Crippen LogP contribution in [0.15, 0.2) is 28.7 Å². The molecule has 2 N–H and O–H groups in total. The standard InChI is InChI=1S/C11H13F2N3O/c12-10(13)7-16(6-5-14)11-15-8-3-1-2-4-9(8)17-11/h1-4,10H,5-7,14H2. The number of anilines is 1. The summed E-state index contributed by atoms with van der Waals surface area (Å²) in [6.07, 6.45) is -2.45. The van der Waals surface area contributed by atoms with Gasteiger partial charge in [-0.2, -0.15) is 4.98 Å². The highest BCUT2D eigenvalue weighted by atomic mass is 19.3. The van der Waals surface area contributed by atoms with Crippen LogP contribution in [0.1, 0.15) is 0 Å². The zero-order valence-corrected chi connectivity index (χ0v) is 9.14. The Kier molecular flexibility index (Phi) is 3.53. The lowest BCUT2D eigenvalue weighted by Crippen LogP contribution is -2.33. The Balaban J connectivity index is 2.27. The van der Waals surface area contributed by atoms with Crippen LogP contribution in [0, 0.1) is 0 Å². The Morgan fingerprint density at radius 3 is 2.76 bits per heavy atom. The molecule has 0 fully saturated rings. The second kappa shape index (κ2) is 5.09. The number of fused-ring (bicyclic) bond motifs is 1. The van der Waals surface area contributed by atoms with E-state index in [9.17, 15) is 8.78 Å². The first-order valence-corrected chi connectivity index (χ1v) is 5.29. The van der Waals surface area contributed by atoms with E-state index < -0.39 is 13.0 Å². The molecule has 0 saturated carbocycles. The lowest BCUT2D eigenvalue weighted by atomic mass is 10.3. The molecule has 0 spiro atoms. The fourth-order valence-corrected chi connectivity index (χ4v) is 1.58. The van der Waals surface area contributed by atoms with Gasteiger partial charge in [-0.05, 0) is 12.1 Å². The number of nitrogens with zero attached hydrogens (tertiary/aromatic N) is 2. The fourth-order valence-electron chi connectivity index (χ4n) is 1.58. The third-order valence-electron chi connectivity index (χ3n) is 2.31. The van der Waals surface area contributed by atoms with Crippen molar-refractivity contribution in [1.82, 2.24) is 4.98 Å². The van der Waals surface area contributed by atoms with E-state index in [2.05, 4.69) is 4.98 Å². The molecule has 6 heteroatoms. The number of oxazole rings is 1. The Hall–Kier alpha value is -1.69. The van der Waals surface area contributed by atoms with Gasteiger partial charge in [0, 0.05) is 13.1 Å². The first-order valence-electron chi connectivity index (χ1n) is 5.29. The number of para-hydroxylation sites is 2. The minimum atomic E-state index is -2.45. The summed E-state index contributed by atoms with van der Waals surface area (Å²) < 4.78 is 30.2. The number of hydrogen-bond acceptors (Lipinski definition) is 4. The van der Waals surface area contributed by atoms with Crippen LogP contribution < -0.4 is 10.6 Å². The molecular formula is C11H13F2N3O. The summed E-state index contributed by atoms with van der Waals surface area (Å²) >= 11 is 0. The van der Waals surface area contributed by atoms with Crippen molar-refractivity contribution < 1.29 is 13.2 Å². The zero-order chi connectivity index (χ0) is 12.3. The molecule has 92 valence electrons. The lowest BCUT2D eigenvalue weighted by molar-refractivity contribution is 0.153. The zero-order valence-electron chi connectivity index (χ0n) is 9.14. The smallest absolute Gasteiger partial charge is 0.298 e. The van der Waals surface area contributed by atoms with E-state index in [1.165, 1.54) is 4.90 Å². The van der Waals surface area contributed by atoms with Gasteiger partial charge < -0.3 is 15.1 Å². The monoisotopic (exact) mass is 241 g/mol. The quantitative estimate of drug-likeness (QED) is 0.868. The minimum Gasteiger partial charge on any atom is -0.423 e. The number of nitrogens with two attached hydrogens (primary N) is 1. The first kappa shape index (κ1) is 11.8. The van der Waals surface area contributed by atoms with Crippen molar-refractivity contribution in [2.45, 2.75) is 6.43 Å². The van der Waals surface area contributed by atoms with Gasteiger partial charge in [-0.1, -0.05) is 12.1 Å². The van der Waals surface area contributed by atoms with Crippen LogP contribution in [0.25, 0.3) is 11.1 Å². The molecule has 0 aliphatic rings. The summed E-state index contributed by atoms with van der Waals surface area (Å²) in [4.78, 5) is 5.51. The average molecular weight is 241 g/mol. The van der Waals surface area contributed by atoms with E-state index in [4.69, 9.17) is 10.2 Å². The molecule has 0 atom stereocenters. The van der Waals surface area contributed by atoms with Gasteiger partial charge >= 0.3 is 0 Å². The van der Waals surface area contributed by atoms with Crippen LogP contribution in [0.3, 0.4) is 0 Å². The van der Waals surface area contributed by atoms with Crippen LogP contribution in [-0.2, 0) is 0 Å². The third kappa shape index (κ3) is 2.71. The third-order valence-corrected chi connectivity index (χ3v) is 2.31. The lowest BCUT2D eigenvalue weighted by Gasteiger charge is -2.18. The Morgan fingerprint density at radius 1 is 1.35 bits per heavy atom. The maximum absolute atomic E-state index is 12.4. The van der Waals surface area contributed by atoms with Crippen molar-refractivity contribution in [3.8, 4) is 0 Å². The van der Waals surface area contributed by atoms with Gasteiger partial charge in [0.1, 0.15) is 5.52 Å². The van der Waals surface area contributed by atoms with Gasteiger partial charge in [0.2, 0.25) is 0 Å². The van der Waals surface area contributed by atoms with Crippen LogP contribution in [0.2, 0.25) is 0 Å². The van der Waals surface area contributed by atoms with Gasteiger partial charge in [0.15, 0.2) is 5.58 Å². The summed E-state index contributed by atoms with van der Waals surface area (Å²) in [6.45, 7) is 0.132. The van der Waals surface area contributed by atoms with E-state index in [1.807, 2.05) is 6.07 Å². The van der Waals surface area contributed by atoms with Gasteiger partial charge in [0.25, 0.3) is 12.4 Å². The minimum absolute atomic E-state index is 0.192. The van der Waals surface area contributed by atoms with E-state index in [0.29, 0.717) is 11.1 Å². The number of alkyl halides is 2. The topological polar surface area (TPSA) is 55.3 Å². The highest BCUT2D eigenvalue weighted by Gasteiger charge is 2.17. The van der Waals surface area contributed by atoms with Crippen molar-refractivity contribution >= 4 is 17.1 Å². The number of aromatic nitrogens is 1. The molecule has 0 aliphatic heterocycles. The predicted molar refractivity (Wildman–Crippen MR) is 61.3 cm³/mol. The molecule has 0 amide bonds. The summed E-state index contributed by atoms with van der Waals surface area (Å²) in [7, 11) is 0. The number of halogens is 2. The van der Waals surface area contributed by atoms with Gasteiger partial charge in [0.05, 0.1) is 6.54 Å². The number of hydrogen-bond donors (Lipinski definition) is 1. The van der Waals surface area contributed by atoms with Gasteiger partial charge in [-0.3, -0.25) is 0 Å². The summed E-state index contributed by atoms with van der Waals surface area (Å²) in [5.41, 5.74) is 6.61. The second-order valence-electron chi connectivity index (χ2n) is 3.59. The van der Waals surface area contributed by atoms with Crippen LogP contribution in [0.5, 0.6) is 0 Å². The Morgan fingerprint density at radius 2 is 2.12 bits per heavy atom. The largest absolute Gasteiger partial charge is 0.423 e. The summed E-state index contributed by atoms with van der Waals surface area (Å²) in [5.74, 6) is 0. The van der Waals surface area contributed by atoms with Crippen LogP contribution >= 0.6 is 0 Å². The Bertz CT molecular complexity index is 453. The predicted octanol–water partition coefficient (Wildman–Crippen LogP) is 1.86. The Labute approximate surface area is 97.0 Å². The molecule has 2 rings (SSSR count). The number of rotatable bonds is 5. The molecule has 0 radical (unpaired) electrons. The molecule has 1 aromatic carbocycles. The normalized spacial score (nSPS) is 11.3. The van der Waals surface area contributed by atoms with Crippen molar-refractivity contribution in [2.75, 3.05) is 24.5 Å². The maximum Gasteiger partial charge on any atom is 0.298 e. The average Bonchev–Trinajstić information content (AvgIpc) is 2.71. The van der Waals surface area contributed by atoms with Crippen molar-refractivity contribution in [2.24, 2.45) is 5.73 Å². The van der Waals surface area contributed by atoms with Crippen molar-refractivity contribution in [3.63, 3.8) is 0 Å². The van der Waals surface area contributed by atoms with Gasteiger partial charge in [-0.15, -0.1) is 0 Å². The molecule has 0 bridgehead atoms. The maximum atomic E-state index is 12.4. The SMILES string of the molecule is NCCN(CC(F)F)c1nc2ccccc2o1. The molecule has 0 unspecified atom stereocenters. The van der Waals surface area contributed by atoms with E-state index >= 15 is 0 Å². The fraction of sp³-hybridized carbons (Fsp3) is 0.364. The molecule has 1 aromatic heterocycles. The summed E-state index contributed by atoms with van der Waals surface area (Å²) in [6, 6.07) is 7.32. The molecule has 1 heterocycles. The highest BCUT2D eigenvalue weighted by Crippen LogP contribution is 2.21.